The number of hydrogen-bond acceptors (Lipinski definition) is 4. The standard InChI is InChI=1S/C14H8IN5/c15-13-17-8-18-14(19-13)20-11-6-2-1-4-9(11)10-5-3-7-16-12(10)20/h1-8H. The van der Waals surface area contributed by atoms with Crippen molar-refractivity contribution in [1.82, 2.24) is 24.5 Å². The van der Waals surface area contributed by atoms with Gasteiger partial charge in [-0.25, -0.2) is 15.0 Å². The third-order valence-electron chi connectivity index (χ3n) is 3.16. The largest absolute Gasteiger partial charge is 0.262 e. The van der Waals surface area contributed by atoms with Crippen LogP contribution in [0.3, 0.4) is 0 Å². The van der Waals surface area contributed by atoms with Crippen LogP contribution in [-0.4, -0.2) is 24.5 Å². The van der Waals surface area contributed by atoms with Gasteiger partial charge in [0.05, 0.1) is 5.52 Å². The molecule has 0 aliphatic heterocycles. The Morgan fingerprint density at radius 1 is 0.900 bits per heavy atom. The SMILES string of the molecule is Ic1ncnc(-n2c3ccccc3c3cccnc32)n1. The van der Waals surface area contributed by atoms with Gasteiger partial charge < -0.3 is 0 Å². The van der Waals surface area contributed by atoms with Crippen LogP contribution >= 0.6 is 22.6 Å². The first-order chi connectivity index (χ1) is 9.84. The number of pyridine rings is 1. The Kier molecular flexibility index (Phi) is 2.62. The van der Waals surface area contributed by atoms with E-state index < -0.39 is 0 Å². The smallest absolute Gasteiger partial charge is 0.239 e. The highest BCUT2D eigenvalue weighted by Gasteiger charge is 2.14. The van der Waals surface area contributed by atoms with Crippen molar-refractivity contribution in [3.05, 3.63) is 52.8 Å². The second-order valence-electron chi connectivity index (χ2n) is 4.28. The maximum absolute atomic E-state index is 4.48. The fourth-order valence-corrected chi connectivity index (χ4v) is 2.71. The average molecular weight is 373 g/mol. The molecule has 0 N–H and O–H groups in total. The molecule has 0 spiro atoms. The first-order valence-electron chi connectivity index (χ1n) is 6.04. The maximum Gasteiger partial charge on any atom is 0.239 e. The third-order valence-corrected chi connectivity index (χ3v) is 3.68. The number of halogens is 1. The molecule has 6 heteroatoms. The van der Waals surface area contributed by atoms with Crippen LogP contribution < -0.4 is 0 Å². The second kappa shape index (κ2) is 4.48. The molecule has 0 atom stereocenters. The molecule has 4 aromatic rings. The number of para-hydroxylation sites is 1. The zero-order valence-electron chi connectivity index (χ0n) is 10.2. The summed E-state index contributed by atoms with van der Waals surface area (Å²) in [7, 11) is 0. The molecule has 20 heavy (non-hydrogen) atoms. The van der Waals surface area contributed by atoms with Crippen LogP contribution in [0, 0.1) is 3.83 Å². The van der Waals surface area contributed by atoms with Crippen LogP contribution in [-0.2, 0) is 0 Å². The van der Waals surface area contributed by atoms with Crippen molar-refractivity contribution in [2.45, 2.75) is 0 Å². The molecule has 5 nitrogen and oxygen atoms in total. The normalized spacial score (nSPS) is 11.2. The zero-order chi connectivity index (χ0) is 13.5. The number of hydrogen-bond donors (Lipinski definition) is 0. The summed E-state index contributed by atoms with van der Waals surface area (Å²) in [5.41, 5.74) is 1.90. The Bertz CT molecular complexity index is 878. The number of fused-ring (bicyclic) bond motifs is 3. The lowest BCUT2D eigenvalue weighted by atomic mass is 10.2. The number of aromatic nitrogens is 5. The molecule has 1 aromatic carbocycles. The van der Waals surface area contributed by atoms with Gasteiger partial charge in [-0.2, -0.15) is 4.98 Å². The summed E-state index contributed by atoms with van der Waals surface area (Å²) in [6.07, 6.45) is 3.30. The molecule has 0 unspecified atom stereocenters. The van der Waals surface area contributed by atoms with E-state index in [9.17, 15) is 0 Å². The second-order valence-corrected chi connectivity index (χ2v) is 5.25. The quantitative estimate of drug-likeness (QED) is 0.482. The minimum atomic E-state index is 0.592. The highest BCUT2D eigenvalue weighted by Crippen LogP contribution is 2.28. The van der Waals surface area contributed by atoms with Crippen LogP contribution in [0.25, 0.3) is 27.9 Å². The van der Waals surface area contributed by atoms with E-state index in [0.717, 1.165) is 21.9 Å². The van der Waals surface area contributed by atoms with Crippen LogP contribution in [0.4, 0.5) is 0 Å². The van der Waals surface area contributed by atoms with E-state index in [0.29, 0.717) is 9.78 Å². The molecule has 0 aliphatic carbocycles. The predicted octanol–water partition coefficient (Wildman–Crippen LogP) is 2.97. The van der Waals surface area contributed by atoms with Gasteiger partial charge in [0, 0.05) is 39.6 Å². The van der Waals surface area contributed by atoms with Crippen LogP contribution in [0.5, 0.6) is 0 Å². The first kappa shape index (κ1) is 11.7. The summed E-state index contributed by atoms with van der Waals surface area (Å²) in [4.78, 5) is 17.2. The number of benzene rings is 1. The van der Waals surface area contributed by atoms with E-state index in [2.05, 4.69) is 54.7 Å². The zero-order valence-corrected chi connectivity index (χ0v) is 12.4. The summed E-state index contributed by atoms with van der Waals surface area (Å²) in [6, 6.07) is 12.2. The van der Waals surface area contributed by atoms with E-state index >= 15 is 0 Å². The predicted molar refractivity (Wildman–Crippen MR) is 84.7 cm³/mol. The lowest BCUT2D eigenvalue weighted by Gasteiger charge is -2.03. The van der Waals surface area contributed by atoms with Gasteiger partial charge in [-0.05, 0) is 18.2 Å². The Balaban J connectivity index is 2.21. The fraction of sp³-hybridized carbons (Fsp3) is 0. The van der Waals surface area contributed by atoms with Crippen molar-refractivity contribution in [3.8, 4) is 5.95 Å². The topological polar surface area (TPSA) is 56.5 Å². The van der Waals surface area contributed by atoms with Gasteiger partial charge in [0.1, 0.15) is 12.0 Å². The van der Waals surface area contributed by atoms with E-state index in [-0.39, 0.29) is 0 Å². The van der Waals surface area contributed by atoms with Gasteiger partial charge in [-0.3, -0.25) is 4.57 Å². The molecule has 4 rings (SSSR count). The van der Waals surface area contributed by atoms with E-state index in [4.69, 9.17) is 0 Å². The van der Waals surface area contributed by atoms with E-state index in [1.807, 2.05) is 28.8 Å². The highest BCUT2D eigenvalue weighted by atomic mass is 127. The van der Waals surface area contributed by atoms with E-state index in [1.165, 1.54) is 6.33 Å². The molecule has 0 fully saturated rings. The molecule has 3 heterocycles. The Hall–Kier alpha value is -2.09. The highest BCUT2D eigenvalue weighted by molar-refractivity contribution is 14.1. The molecule has 0 saturated heterocycles. The van der Waals surface area contributed by atoms with Crippen LogP contribution in [0.1, 0.15) is 0 Å². The van der Waals surface area contributed by atoms with Crippen molar-refractivity contribution < 1.29 is 0 Å². The molecule has 3 aromatic heterocycles. The van der Waals surface area contributed by atoms with Gasteiger partial charge in [-0.1, -0.05) is 18.2 Å². The van der Waals surface area contributed by atoms with E-state index in [1.54, 1.807) is 6.20 Å². The van der Waals surface area contributed by atoms with Crippen molar-refractivity contribution in [1.29, 1.82) is 0 Å². The summed E-state index contributed by atoms with van der Waals surface area (Å²) in [5.74, 6) is 0.592. The number of nitrogens with zero attached hydrogens (tertiary/aromatic N) is 5. The van der Waals surface area contributed by atoms with Crippen molar-refractivity contribution in [2.75, 3.05) is 0 Å². The molecular weight excluding hydrogens is 365 g/mol. The lowest BCUT2D eigenvalue weighted by molar-refractivity contribution is 0.908. The summed E-state index contributed by atoms with van der Waals surface area (Å²) in [6.45, 7) is 0. The van der Waals surface area contributed by atoms with Gasteiger partial charge in [-0.15, -0.1) is 0 Å². The van der Waals surface area contributed by atoms with Crippen LogP contribution in [0.15, 0.2) is 48.9 Å². The van der Waals surface area contributed by atoms with Gasteiger partial charge in [0.15, 0.2) is 3.83 Å². The van der Waals surface area contributed by atoms with Gasteiger partial charge in [0.25, 0.3) is 0 Å². The molecule has 96 valence electrons. The summed E-state index contributed by atoms with van der Waals surface area (Å²) >= 11 is 2.08. The molecule has 0 radical (unpaired) electrons. The minimum absolute atomic E-state index is 0.592. The Morgan fingerprint density at radius 2 is 1.75 bits per heavy atom. The molecule has 0 aliphatic rings. The molecule has 0 bridgehead atoms. The van der Waals surface area contributed by atoms with Crippen LogP contribution in [0.2, 0.25) is 0 Å². The van der Waals surface area contributed by atoms with Crippen molar-refractivity contribution in [3.63, 3.8) is 0 Å². The fourth-order valence-electron chi connectivity index (χ4n) is 2.37. The van der Waals surface area contributed by atoms with Crippen molar-refractivity contribution >= 4 is 44.5 Å². The third kappa shape index (κ3) is 1.68. The first-order valence-corrected chi connectivity index (χ1v) is 7.11. The summed E-state index contributed by atoms with van der Waals surface area (Å²) < 4.78 is 2.63. The number of rotatable bonds is 1. The molecule has 0 amide bonds. The lowest BCUT2D eigenvalue weighted by Crippen LogP contribution is -2.03. The maximum atomic E-state index is 4.48. The monoisotopic (exact) mass is 373 g/mol. The average Bonchev–Trinajstić information content (AvgIpc) is 2.82. The van der Waals surface area contributed by atoms with Gasteiger partial charge in [0.2, 0.25) is 5.95 Å². The molecule has 0 saturated carbocycles. The minimum Gasteiger partial charge on any atom is -0.262 e. The van der Waals surface area contributed by atoms with Gasteiger partial charge >= 0.3 is 0 Å². The molecular formula is C14H8IN5. The Labute approximate surface area is 127 Å². The Morgan fingerprint density at radius 3 is 2.65 bits per heavy atom. The van der Waals surface area contributed by atoms with Crippen molar-refractivity contribution in [2.24, 2.45) is 0 Å². The summed E-state index contributed by atoms with van der Waals surface area (Å²) in [5, 5.41) is 2.24.